The normalized spacial score (nSPS) is 20.8. The van der Waals surface area contributed by atoms with Gasteiger partial charge in [0.2, 0.25) is 0 Å². The van der Waals surface area contributed by atoms with Crippen LogP contribution in [-0.2, 0) is 4.79 Å². The predicted molar refractivity (Wildman–Crippen MR) is 75.6 cm³/mol. The largest absolute Gasteiger partial charge is 0.481 e. The Balaban J connectivity index is 2.45. The summed E-state index contributed by atoms with van der Waals surface area (Å²) in [5, 5.41) is 18.3. The van der Waals surface area contributed by atoms with Crippen LogP contribution >= 0.6 is 12.2 Å². The second-order valence-electron chi connectivity index (χ2n) is 4.87. The van der Waals surface area contributed by atoms with Crippen LogP contribution in [0.5, 0.6) is 0 Å². The minimum atomic E-state index is -0.809. The number of rotatable bonds is 6. The minimum Gasteiger partial charge on any atom is -0.481 e. The van der Waals surface area contributed by atoms with Gasteiger partial charge >= 0.3 is 12.9 Å². The lowest BCUT2D eigenvalue weighted by Crippen LogP contribution is -2.49. The quantitative estimate of drug-likeness (QED) is 0.482. The molecule has 0 radical (unpaired) electrons. The van der Waals surface area contributed by atoms with Gasteiger partial charge in [-0.3, -0.25) is 4.79 Å². The average molecular weight is 272 g/mol. The Labute approximate surface area is 113 Å². The molecule has 0 saturated carbocycles. The van der Waals surface area contributed by atoms with Crippen LogP contribution in [0.25, 0.3) is 0 Å². The fourth-order valence-corrected chi connectivity index (χ4v) is 2.72. The van der Waals surface area contributed by atoms with Crippen LogP contribution in [0.3, 0.4) is 0 Å². The highest BCUT2D eigenvalue weighted by Gasteiger charge is 2.33. The molecule has 0 spiro atoms. The monoisotopic (exact) mass is 272 g/mol. The van der Waals surface area contributed by atoms with Gasteiger partial charge in [-0.1, -0.05) is 19.0 Å². The van der Waals surface area contributed by atoms with Crippen molar-refractivity contribution in [3.8, 4) is 0 Å². The van der Waals surface area contributed by atoms with E-state index in [0.29, 0.717) is 17.8 Å². The smallest absolute Gasteiger partial charge is 0.309 e. The van der Waals surface area contributed by atoms with Crippen LogP contribution in [-0.4, -0.2) is 51.4 Å². The summed E-state index contributed by atoms with van der Waals surface area (Å²) >= 11 is 5.35. The number of carbonyl (C=O) groups is 1. The van der Waals surface area contributed by atoms with Crippen molar-refractivity contribution >= 4 is 30.1 Å². The first-order valence-corrected chi connectivity index (χ1v) is 6.80. The highest BCUT2D eigenvalue weighted by molar-refractivity contribution is 7.80. The second kappa shape index (κ2) is 7.06. The minimum absolute atomic E-state index is 0.0584. The fourth-order valence-electron chi connectivity index (χ4n) is 2.38. The zero-order chi connectivity index (χ0) is 13.7. The standard InChI is InChI=1S/C11H21BN2O3S/c1-12(17)9-5-3-7-14(9)11(18)8(13)4-2-6-10(15)16/h8-9,17H,2-7,13H2,1H3,(H,15,16)/t8-,9-/m0/s1. The van der Waals surface area contributed by atoms with Crippen LogP contribution in [0.4, 0.5) is 0 Å². The van der Waals surface area contributed by atoms with Gasteiger partial charge < -0.3 is 20.8 Å². The molecule has 1 heterocycles. The number of likely N-dealkylation sites (tertiary alicyclic amines) is 1. The van der Waals surface area contributed by atoms with Crippen LogP contribution < -0.4 is 5.73 Å². The first kappa shape index (κ1) is 15.4. The van der Waals surface area contributed by atoms with Crippen molar-refractivity contribution in [1.82, 2.24) is 4.90 Å². The second-order valence-corrected chi connectivity index (χ2v) is 5.29. The van der Waals surface area contributed by atoms with Gasteiger partial charge in [-0.2, -0.15) is 0 Å². The molecule has 1 fully saturated rings. The van der Waals surface area contributed by atoms with Gasteiger partial charge in [0.1, 0.15) is 0 Å². The van der Waals surface area contributed by atoms with Crippen molar-refractivity contribution in [1.29, 1.82) is 0 Å². The Kier molecular flexibility index (Phi) is 6.04. The molecule has 0 aromatic carbocycles. The van der Waals surface area contributed by atoms with Crippen molar-refractivity contribution in [3.63, 3.8) is 0 Å². The van der Waals surface area contributed by atoms with Crippen LogP contribution in [0, 0.1) is 0 Å². The molecule has 102 valence electrons. The van der Waals surface area contributed by atoms with E-state index in [4.69, 9.17) is 23.1 Å². The molecule has 0 aromatic heterocycles. The number of nitrogens with two attached hydrogens (primary N) is 1. The summed E-state index contributed by atoms with van der Waals surface area (Å²) in [6.07, 6.45) is 3.17. The zero-order valence-electron chi connectivity index (χ0n) is 10.7. The first-order chi connectivity index (χ1) is 8.43. The molecule has 1 aliphatic rings. The van der Waals surface area contributed by atoms with Gasteiger partial charge in [-0.05, 0) is 25.7 Å². The van der Waals surface area contributed by atoms with Gasteiger partial charge in [0, 0.05) is 18.9 Å². The molecule has 4 N–H and O–H groups in total. The molecular weight excluding hydrogens is 251 g/mol. The summed E-state index contributed by atoms with van der Waals surface area (Å²) in [6, 6.07) is -0.293. The number of carboxylic acids is 1. The zero-order valence-corrected chi connectivity index (χ0v) is 11.5. The molecule has 0 unspecified atom stereocenters. The van der Waals surface area contributed by atoms with Crippen molar-refractivity contribution in [2.75, 3.05) is 6.54 Å². The van der Waals surface area contributed by atoms with Crippen molar-refractivity contribution in [3.05, 3.63) is 0 Å². The molecule has 2 atom stereocenters. The SMILES string of the molecule is CB(O)[C@@H]1CCCN1C(=S)[C@@H](N)CCCC(=O)O. The lowest BCUT2D eigenvalue weighted by atomic mass is 9.62. The number of aliphatic carboxylic acids is 1. The van der Waals surface area contributed by atoms with E-state index < -0.39 is 12.9 Å². The lowest BCUT2D eigenvalue weighted by Gasteiger charge is -2.30. The van der Waals surface area contributed by atoms with Crippen molar-refractivity contribution < 1.29 is 14.9 Å². The summed E-state index contributed by atoms with van der Waals surface area (Å²) in [5.74, 6) is -0.751. The lowest BCUT2D eigenvalue weighted by molar-refractivity contribution is -0.137. The highest BCUT2D eigenvalue weighted by atomic mass is 32.1. The predicted octanol–water partition coefficient (Wildman–Crippen LogP) is 0.513. The topological polar surface area (TPSA) is 86.8 Å². The van der Waals surface area contributed by atoms with E-state index in [1.165, 1.54) is 0 Å². The van der Waals surface area contributed by atoms with Crippen LogP contribution in [0.15, 0.2) is 0 Å². The molecule has 0 aliphatic carbocycles. The molecule has 0 aromatic rings. The van der Waals surface area contributed by atoms with Gasteiger partial charge in [0.25, 0.3) is 0 Å². The summed E-state index contributed by atoms with van der Waals surface area (Å²) in [4.78, 5) is 13.1. The van der Waals surface area contributed by atoms with Gasteiger partial charge in [0.15, 0.2) is 0 Å². The van der Waals surface area contributed by atoms with E-state index in [9.17, 15) is 9.82 Å². The number of thiocarbonyl (C=S) groups is 1. The molecule has 1 aliphatic heterocycles. The van der Waals surface area contributed by atoms with Crippen molar-refractivity contribution in [2.45, 2.75) is 50.9 Å². The van der Waals surface area contributed by atoms with E-state index in [1.807, 2.05) is 4.90 Å². The Morgan fingerprint density at radius 3 is 2.89 bits per heavy atom. The third kappa shape index (κ3) is 4.22. The summed E-state index contributed by atoms with van der Waals surface area (Å²) in [7, 11) is 0. The van der Waals surface area contributed by atoms with E-state index in [-0.39, 0.29) is 18.4 Å². The summed E-state index contributed by atoms with van der Waals surface area (Å²) < 4.78 is 0. The van der Waals surface area contributed by atoms with E-state index in [1.54, 1.807) is 6.82 Å². The van der Waals surface area contributed by atoms with E-state index >= 15 is 0 Å². The maximum atomic E-state index is 10.4. The molecule has 0 bridgehead atoms. The van der Waals surface area contributed by atoms with Gasteiger partial charge in [-0.25, -0.2) is 0 Å². The maximum absolute atomic E-state index is 10.4. The third-order valence-corrected chi connectivity index (χ3v) is 3.90. The number of nitrogens with zero attached hydrogens (tertiary/aromatic N) is 1. The van der Waals surface area contributed by atoms with E-state index in [0.717, 1.165) is 19.4 Å². The van der Waals surface area contributed by atoms with E-state index in [2.05, 4.69) is 0 Å². The Morgan fingerprint density at radius 1 is 1.67 bits per heavy atom. The first-order valence-electron chi connectivity index (χ1n) is 6.39. The Bertz CT molecular complexity index is 315. The summed E-state index contributed by atoms with van der Waals surface area (Å²) in [6.45, 7) is 2.18. The maximum Gasteiger partial charge on any atom is 0.309 e. The highest BCUT2D eigenvalue weighted by Crippen LogP contribution is 2.21. The average Bonchev–Trinajstić information content (AvgIpc) is 2.76. The van der Waals surface area contributed by atoms with Crippen LogP contribution in [0.2, 0.25) is 6.82 Å². The molecular formula is C11H21BN2O3S. The summed E-state index contributed by atoms with van der Waals surface area (Å²) in [5.41, 5.74) is 5.99. The van der Waals surface area contributed by atoms with Gasteiger partial charge in [-0.15, -0.1) is 0 Å². The Hall–Kier alpha value is -0.655. The molecule has 18 heavy (non-hydrogen) atoms. The molecule has 0 amide bonds. The fraction of sp³-hybridized carbons (Fsp3) is 0.818. The number of carboxylic acid groups (broad SMARTS) is 1. The Morgan fingerprint density at radius 2 is 2.33 bits per heavy atom. The number of hydrogen-bond acceptors (Lipinski definition) is 4. The molecule has 1 saturated heterocycles. The molecule has 7 heteroatoms. The van der Waals surface area contributed by atoms with Crippen LogP contribution in [0.1, 0.15) is 32.1 Å². The molecule has 5 nitrogen and oxygen atoms in total. The van der Waals surface area contributed by atoms with Gasteiger partial charge in [0.05, 0.1) is 11.0 Å². The van der Waals surface area contributed by atoms with Crippen molar-refractivity contribution in [2.24, 2.45) is 5.73 Å². The third-order valence-electron chi connectivity index (χ3n) is 3.36. The molecule has 1 rings (SSSR count). The number of hydrogen-bond donors (Lipinski definition) is 3.